The summed E-state index contributed by atoms with van der Waals surface area (Å²) < 4.78 is 7.51. The Hall–Kier alpha value is -4.18. The molecule has 0 amide bonds. The van der Waals surface area contributed by atoms with Gasteiger partial charge in [0.2, 0.25) is 0 Å². The zero-order chi connectivity index (χ0) is 23.8. The summed E-state index contributed by atoms with van der Waals surface area (Å²) in [5.41, 5.74) is 5.32. The van der Waals surface area contributed by atoms with Crippen LogP contribution in [-0.4, -0.2) is 74.5 Å². The van der Waals surface area contributed by atoms with Crippen LogP contribution in [0, 0.1) is 0 Å². The van der Waals surface area contributed by atoms with Crippen molar-refractivity contribution in [3.8, 4) is 17.0 Å². The molecule has 178 valence electrons. The summed E-state index contributed by atoms with van der Waals surface area (Å²) in [4.78, 5) is 14.1. The van der Waals surface area contributed by atoms with Crippen molar-refractivity contribution < 1.29 is 4.74 Å². The van der Waals surface area contributed by atoms with E-state index in [2.05, 4.69) is 54.5 Å². The number of hydrogen-bond acceptors (Lipinski definition) is 8. The molecule has 6 rings (SSSR count). The number of H-pyrrole nitrogens is 1. The molecule has 4 heterocycles. The molecule has 35 heavy (non-hydrogen) atoms. The molecule has 0 aliphatic carbocycles. The number of rotatable bonds is 6. The predicted molar refractivity (Wildman–Crippen MR) is 136 cm³/mol. The first kappa shape index (κ1) is 21.4. The zero-order valence-electron chi connectivity index (χ0n) is 19.8. The summed E-state index contributed by atoms with van der Waals surface area (Å²) in [7, 11) is 1.71. The maximum Gasteiger partial charge on any atom is 0.198 e. The second-order valence-electron chi connectivity index (χ2n) is 8.61. The second kappa shape index (κ2) is 8.88. The van der Waals surface area contributed by atoms with Gasteiger partial charge in [0.05, 0.1) is 36.4 Å². The third-order valence-electron chi connectivity index (χ3n) is 6.60. The molecule has 2 N–H and O–H groups in total. The van der Waals surface area contributed by atoms with Gasteiger partial charge in [-0.25, -0.2) is 14.5 Å². The van der Waals surface area contributed by atoms with Gasteiger partial charge in [0, 0.05) is 48.9 Å². The first-order valence-electron chi connectivity index (χ1n) is 11.8. The predicted octanol–water partition coefficient (Wildman–Crippen LogP) is 3.56. The van der Waals surface area contributed by atoms with Gasteiger partial charge < -0.3 is 19.9 Å². The summed E-state index contributed by atoms with van der Waals surface area (Å²) in [5.74, 6) is 1.45. The van der Waals surface area contributed by atoms with Crippen molar-refractivity contribution in [1.29, 1.82) is 0 Å². The average molecular weight is 470 g/mol. The molecule has 0 spiro atoms. The van der Waals surface area contributed by atoms with E-state index in [1.165, 1.54) is 6.33 Å². The van der Waals surface area contributed by atoms with Crippen LogP contribution in [0.2, 0.25) is 0 Å². The van der Waals surface area contributed by atoms with E-state index in [0.29, 0.717) is 11.5 Å². The topological polar surface area (TPSA) is 99.5 Å². The van der Waals surface area contributed by atoms with Crippen molar-refractivity contribution in [2.24, 2.45) is 0 Å². The number of nitrogens with zero attached hydrogens (tertiary/aromatic N) is 7. The Morgan fingerprint density at radius 2 is 1.97 bits per heavy atom. The van der Waals surface area contributed by atoms with Crippen LogP contribution in [0.25, 0.3) is 27.8 Å². The minimum atomic E-state index is 0.621. The van der Waals surface area contributed by atoms with Gasteiger partial charge >= 0.3 is 0 Å². The molecule has 3 aromatic heterocycles. The summed E-state index contributed by atoms with van der Waals surface area (Å²) in [6.07, 6.45) is 5.22. The van der Waals surface area contributed by atoms with Gasteiger partial charge in [-0.05, 0) is 24.7 Å². The van der Waals surface area contributed by atoms with Gasteiger partial charge in [-0.2, -0.15) is 10.2 Å². The highest BCUT2D eigenvalue weighted by molar-refractivity contribution is 5.84. The summed E-state index contributed by atoms with van der Waals surface area (Å²) in [6.45, 7) is 7.40. The van der Waals surface area contributed by atoms with Crippen LogP contribution in [0.15, 0.2) is 55.1 Å². The molecule has 10 nitrogen and oxygen atoms in total. The van der Waals surface area contributed by atoms with E-state index >= 15 is 0 Å². The number of nitrogens with one attached hydrogen (secondary N) is 2. The highest BCUT2D eigenvalue weighted by Gasteiger charge is 2.19. The van der Waals surface area contributed by atoms with Crippen molar-refractivity contribution >= 4 is 33.7 Å². The lowest BCUT2D eigenvalue weighted by Crippen LogP contribution is -2.46. The van der Waals surface area contributed by atoms with Crippen molar-refractivity contribution in [2.45, 2.75) is 6.92 Å². The van der Waals surface area contributed by atoms with E-state index in [0.717, 1.165) is 72.0 Å². The smallest absolute Gasteiger partial charge is 0.198 e. The van der Waals surface area contributed by atoms with Gasteiger partial charge in [-0.1, -0.05) is 19.1 Å². The fraction of sp³-hybridized carbons (Fsp3) is 0.280. The standard InChI is InChI=1S/C25H27N9O/c1-3-32-8-10-33(11-9-32)22-7-6-19(13-23(22)35-2)29-24-25-26-16-28-34(25)15-21(30-24)17-4-5-18-14-27-31-20(18)12-17/h4-7,12-16H,3,8-11H2,1-2H3,(H,27,31)(H,29,30). The van der Waals surface area contributed by atoms with Crippen LogP contribution >= 0.6 is 0 Å². The Morgan fingerprint density at radius 1 is 1.09 bits per heavy atom. The molecule has 1 fully saturated rings. The number of ether oxygens (including phenoxy) is 1. The number of likely N-dealkylation sites (N-methyl/N-ethyl adjacent to an activating group) is 1. The summed E-state index contributed by atoms with van der Waals surface area (Å²) >= 11 is 0. The Bertz CT molecular complexity index is 1480. The number of hydrogen-bond donors (Lipinski definition) is 2. The first-order valence-corrected chi connectivity index (χ1v) is 11.8. The van der Waals surface area contributed by atoms with Gasteiger partial charge in [-0.15, -0.1) is 0 Å². The van der Waals surface area contributed by atoms with Crippen LogP contribution in [0.1, 0.15) is 6.92 Å². The molecule has 0 atom stereocenters. The number of methoxy groups -OCH3 is 1. The van der Waals surface area contributed by atoms with E-state index < -0.39 is 0 Å². The Kier molecular flexibility index (Phi) is 5.42. The fourth-order valence-electron chi connectivity index (χ4n) is 4.61. The lowest BCUT2D eigenvalue weighted by molar-refractivity contribution is 0.270. The van der Waals surface area contributed by atoms with Gasteiger partial charge in [0.15, 0.2) is 11.5 Å². The number of benzene rings is 2. The molecule has 5 aromatic rings. The van der Waals surface area contributed by atoms with Crippen LogP contribution in [0.4, 0.5) is 17.2 Å². The first-order chi connectivity index (χ1) is 17.2. The number of aromatic amines is 1. The monoisotopic (exact) mass is 469 g/mol. The van der Waals surface area contributed by atoms with Crippen molar-refractivity contribution in [3.63, 3.8) is 0 Å². The minimum Gasteiger partial charge on any atom is -0.495 e. The second-order valence-corrected chi connectivity index (χ2v) is 8.61. The highest BCUT2D eigenvalue weighted by Crippen LogP contribution is 2.34. The zero-order valence-corrected chi connectivity index (χ0v) is 19.8. The van der Waals surface area contributed by atoms with E-state index in [-0.39, 0.29) is 0 Å². The Balaban J connectivity index is 1.32. The number of fused-ring (bicyclic) bond motifs is 2. The van der Waals surface area contributed by atoms with E-state index in [4.69, 9.17) is 9.72 Å². The summed E-state index contributed by atoms with van der Waals surface area (Å²) in [6, 6.07) is 12.3. The number of aromatic nitrogens is 6. The van der Waals surface area contributed by atoms with Gasteiger partial charge in [0.25, 0.3) is 0 Å². The molecule has 0 unspecified atom stereocenters. The van der Waals surface area contributed by atoms with E-state index in [1.54, 1.807) is 17.8 Å². The number of piperazine rings is 1. The quantitative estimate of drug-likeness (QED) is 0.389. The van der Waals surface area contributed by atoms with Crippen LogP contribution < -0.4 is 15.0 Å². The third kappa shape index (κ3) is 4.01. The normalized spacial score (nSPS) is 14.6. The SMILES string of the molecule is CCN1CCN(c2ccc(Nc3nc(-c4ccc5cn[nH]c5c4)cn4ncnc34)cc2OC)CC1. The lowest BCUT2D eigenvalue weighted by Gasteiger charge is -2.36. The van der Waals surface area contributed by atoms with Crippen molar-refractivity contribution in [1.82, 2.24) is 34.7 Å². The van der Waals surface area contributed by atoms with Gasteiger partial charge in [0.1, 0.15) is 12.1 Å². The molecule has 0 bridgehead atoms. The number of anilines is 3. The molecule has 0 saturated carbocycles. The third-order valence-corrected chi connectivity index (χ3v) is 6.60. The maximum absolute atomic E-state index is 5.77. The highest BCUT2D eigenvalue weighted by atomic mass is 16.5. The average Bonchev–Trinajstić information content (AvgIpc) is 3.58. The Morgan fingerprint density at radius 3 is 2.80 bits per heavy atom. The fourth-order valence-corrected chi connectivity index (χ4v) is 4.61. The summed E-state index contributed by atoms with van der Waals surface area (Å²) in [5, 5.41) is 16.0. The molecular formula is C25H27N9O. The van der Waals surface area contributed by atoms with Crippen molar-refractivity contribution in [2.75, 3.05) is 50.1 Å². The van der Waals surface area contributed by atoms with Gasteiger partial charge in [-0.3, -0.25) is 5.10 Å². The molecule has 2 aromatic carbocycles. The maximum atomic E-state index is 5.77. The molecule has 1 aliphatic heterocycles. The van der Waals surface area contributed by atoms with Crippen molar-refractivity contribution in [3.05, 3.63) is 55.1 Å². The Labute approximate surface area is 202 Å². The van der Waals surface area contributed by atoms with Crippen LogP contribution in [0.3, 0.4) is 0 Å². The van der Waals surface area contributed by atoms with E-state index in [9.17, 15) is 0 Å². The van der Waals surface area contributed by atoms with E-state index in [1.807, 2.05) is 30.5 Å². The largest absolute Gasteiger partial charge is 0.495 e. The molecule has 1 aliphatic rings. The minimum absolute atomic E-state index is 0.621. The van der Waals surface area contributed by atoms with Crippen LogP contribution in [-0.2, 0) is 0 Å². The lowest BCUT2D eigenvalue weighted by atomic mass is 10.1. The molecule has 1 saturated heterocycles. The molecular weight excluding hydrogens is 442 g/mol. The molecule has 0 radical (unpaired) electrons. The molecule has 10 heteroatoms. The van der Waals surface area contributed by atoms with Crippen LogP contribution in [0.5, 0.6) is 5.75 Å².